The fourth-order valence-electron chi connectivity index (χ4n) is 1.53. The number of benzene rings is 1. The minimum Gasteiger partial charge on any atom is -0.497 e. The number of rotatable bonds is 5. The van der Waals surface area contributed by atoms with Crippen molar-refractivity contribution in [2.24, 2.45) is 5.73 Å². The van der Waals surface area contributed by atoms with E-state index in [0.29, 0.717) is 24.9 Å². The third-order valence-electron chi connectivity index (χ3n) is 2.54. The lowest BCUT2D eigenvalue weighted by Gasteiger charge is -2.14. The first-order valence-electron chi connectivity index (χ1n) is 5.65. The van der Waals surface area contributed by atoms with Crippen molar-refractivity contribution in [2.75, 3.05) is 25.6 Å². The SMILES string of the molecule is COc1cccc(N(C)c2nnc(CCN)o2)c1. The quantitative estimate of drug-likeness (QED) is 0.860. The number of hydrogen-bond donors (Lipinski definition) is 1. The fourth-order valence-corrected chi connectivity index (χ4v) is 1.53. The first-order valence-corrected chi connectivity index (χ1v) is 5.65. The maximum absolute atomic E-state index is 5.50. The average molecular weight is 248 g/mol. The van der Waals surface area contributed by atoms with Crippen molar-refractivity contribution < 1.29 is 9.15 Å². The molecule has 0 saturated heterocycles. The van der Waals surface area contributed by atoms with Crippen LogP contribution in [0.4, 0.5) is 11.7 Å². The Morgan fingerprint density at radius 1 is 1.39 bits per heavy atom. The minimum absolute atomic E-state index is 0.437. The van der Waals surface area contributed by atoms with Crippen LogP contribution >= 0.6 is 0 Å². The van der Waals surface area contributed by atoms with Gasteiger partial charge in [0.15, 0.2) is 0 Å². The summed E-state index contributed by atoms with van der Waals surface area (Å²) < 4.78 is 10.7. The van der Waals surface area contributed by atoms with E-state index in [1.165, 1.54) is 0 Å². The number of aromatic nitrogens is 2. The molecule has 6 heteroatoms. The molecule has 6 nitrogen and oxygen atoms in total. The Balaban J connectivity index is 2.20. The van der Waals surface area contributed by atoms with E-state index in [2.05, 4.69) is 10.2 Å². The second-order valence-electron chi connectivity index (χ2n) is 3.78. The number of anilines is 2. The van der Waals surface area contributed by atoms with Crippen LogP contribution in [0.5, 0.6) is 5.75 Å². The van der Waals surface area contributed by atoms with Gasteiger partial charge in [-0.3, -0.25) is 4.90 Å². The maximum atomic E-state index is 5.50. The summed E-state index contributed by atoms with van der Waals surface area (Å²) in [4.78, 5) is 1.80. The van der Waals surface area contributed by atoms with E-state index in [1.54, 1.807) is 12.0 Å². The van der Waals surface area contributed by atoms with E-state index in [9.17, 15) is 0 Å². The van der Waals surface area contributed by atoms with E-state index < -0.39 is 0 Å². The molecule has 2 rings (SSSR count). The van der Waals surface area contributed by atoms with E-state index in [0.717, 1.165) is 11.4 Å². The Bertz CT molecular complexity index is 512. The summed E-state index contributed by atoms with van der Waals surface area (Å²) in [6.45, 7) is 0.491. The Morgan fingerprint density at radius 2 is 2.22 bits per heavy atom. The van der Waals surface area contributed by atoms with Gasteiger partial charge in [-0.15, -0.1) is 5.10 Å². The van der Waals surface area contributed by atoms with E-state index >= 15 is 0 Å². The van der Waals surface area contributed by atoms with Gasteiger partial charge in [0.1, 0.15) is 5.75 Å². The van der Waals surface area contributed by atoms with Gasteiger partial charge in [-0.1, -0.05) is 11.2 Å². The summed E-state index contributed by atoms with van der Waals surface area (Å²) in [7, 11) is 3.49. The Morgan fingerprint density at radius 3 is 2.94 bits per heavy atom. The van der Waals surface area contributed by atoms with Gasteiger partial charge in [0, 0.05) is 31.8 Å². The highest BCUT2D eigenvalue weighted by Gasteiger charge is 2.12. The van der Waals surface area contributed by atoms with Gasteiger partial charge in [0.25, 0.3) is 0 Å². The fraction of sp³-hybridized carbons (Fsp3) is 0.333. The molecule has 2 aromatic rings. The van der Waals surface area contributed by atoms with Crippen LogP contribution < -0.4 is 15.4 Å². The number of nitrogens with zero attached hydrogens (tertiary/aromatic N) is 3. The minimum atomic E-state index is 0.437. The molecule has 0 spiro atoms. The normalized spacial score (nSPS) is 10.4. The largest absolute Gasteiger partial charge is 0.497 e. The van der Waals surface area contributed by atoms with Gasteiger partial charge in [-0.25, -0.2) is 0 Å². The summed E-state index contributed by atoms with van der Waals surface area (Å²) in [5.41, 5.74) is 6.35. The second kappa shape index (κ2) is 5.50. The Kier molecular flexibility index (Phi) is 3.78. The molecule has 0 aliphatic carbocycles. The number of nitrogens with two attached hydrogens (primary N) is 1. The molecular weight excluding hydrogens is 232 g/mol. The number of hydrogen-bond acceptors (Lipinski definition) is 6. The molecule has 0 radical (unpaired) electrons. The molecular formula is C12H16N4O2. The number of methoxy groups -OCH3 is 1. The zero-order chi connectivity index (χ0) is 13.0. The van der Waals surface area contributed by atoms with Crippen molar-refractivity contribution in [3.63, 3.8) is 0 Å². The molecule has 18 heavy (non-hydrogen) atoms. The summed E-state index contributed by atoms with van der Waals surface area (Å²) in [5.74, 6) is 1.32. The van der Waals surface area contributed by atoms with E-state index in [-0.39, 0.29) is 0 Å². The van der Waals surface area contributed by atoms with Gasteiger partial charge in [-0.2, -0.15) is 0 Å². The topological polar surface area (TPSA) is 77.4 Å². The van der Waals surface area contributed by atoms with Crippen LogP contribution in [0.25, 0.3) is 0 Å². The molecule has 1 aromatic carbocycles. The van der Waals surface area contributed by atoms with E-state index in [4.69, 9.17) is 14.9 Å². The van der Waals surface area contributed by atoms with Gasteiger partial charge in [-0.05, 0) is 12.1 Å². The second-order valence-corrected chi connectivity index (χ2v) is 3.78. The summed E-state index contributed by atoms with van der Waals surface area (Å²) in [5, 5.41) is 7.90. The van der Waals surface area contributed by atoms with Crippen LogP contribution in [0.1, 0.15) is 5.89 Å². The van der Waals surface area contributed by atoms with Crippen LogP contribution in [0.3, 0.4) is 0 Å². The molecule has 0 amide bonds. The molecule has 96 valence electrons. The molecule has 1 aromatic heterocycles. The Labute approximate surface area is 105 Å². The molecule has 0 aliphatic rings. The van der Waals surface area contributed by atoms with Crippen molar-refractivity contribution in [1.82, 2.24) is 10.2 Å². The van der Waals surface area contributed by atoms with Crippen molar-refractivity contribution in [1.29, 1.82) is 0 Å². The highest BCUT2D eigenvalue weighted by Crippen LogP contribution is 2.25. The molecule has 0 saturated carbocycles. The lowest BCUT2D eigenvalue weighted by molar-refractivity contribution is 0.415. The lowest BCUT2D eigenvalue weighted by atomic mass is 10.3. The highest BCUT2D eigenvalue weighted by atomic mass is 16.5. The first kappa shape index (κ1) is 12.4. The average Bonchev–Trinajstić information content (AvgIpc) is 2.87. The number of ether oxygens (including phenoxy) is 1. The summed E-state index contributed by atoms with van der Waals surface area (Å²) >= 11 is 0. The van der Waals surface area contributed by atoms with Crippen molar-refractivity contribution >= 4 is 11.7 Å². The van der Waals surface area contributed by atoms with Gasteiger partial charge >= 0.3 is 6.01 Å². The van der Waals surface area contributed by atoms with Crippen LogP contribution in [-0.4, -0.2) is 30.9 Å². The van der Waals surface area contributed by atoms with Gasteiger partial charge in [0.2, 0.25) is 5.89 Å². The first-order chi connectivity index (χ1) is 8.74. The molecule has 0 bridgehead atoms. The Hall–Kier alpha value is -2.08. The molecule has 0 atom stereocenters. The standard InChI is InChI=1S/C12H16N4O2/c1-16(9-4-3-5-10(8-9)17-2)12-15-14-11(18-12)6-7-13/h3-5,8H,6-7,13H2,1-2H3. The third kappa shape index (κ3) is 2.60. The maximum Gasteiger partial charge on any atom is 0.322 e. The van der Waals surface area contributed by atoms with E-state index in [1.807, 2.05) is 31.3 Å². The highest BCUT2D eigenvalue weighted by molar-refractivity contribution is 5.57. The molecule has 0 unspecified atom stereocenters. The molecule has 0 fully saturated rings. The summed E-state index contributed by atoms with van der Waals surface area (Å²) in [6.07, 6.45) is 0.582. The predicted molar refractivity (Wildman–Crippen MR) is 68.1 cm³/mol. The van der Waals surface area contributed by atoms with Crippen molar-refractivity contribution in [3.05, 3.63) is 30.2 Å². The van der Waals surface area contributed by atoms with Crippen LogP contribution in [-0.2, 0) is 6.42 Å². The predicted octanol–water partition coefficient (Wildman–Crippen LogP) is 1.35. The zero-order valence-electron chi connectivity index (χ0n) is 10.5. The molecule has 1 heterocycles. The van der Waals surface area contributed by atoms with Crippen molar-refractivity contribution in [3.8, 4) is 5.75 Å². The van der Waals surface area contributed by atoms with Crippen LogP contribution in [0.15, 0.2) is 28.7 Å². The smallest absolute Gasteiger partial charge is 0.322 e. The monoisotopic (exact) mass is 248 g/mol. The van der Waals surface area contributed by atoms with Crippen molar-refractivity contribution in [2.45, 2.75) is 6.42 Å². The lowest BCUT2D eigenvalue weighted by Crippen LogP contribution is -2.09. The summed E-state index contributed by atoms with van der Waals surface area (Å²) in [6, 6.07) is 8.06. The molecule has 0 aliphatic heterocycles. The molecule has 2 N–H and O–H groups in total. The van der Waals surface area contributed by atoms with Gasteiger partial charge < -0.3 is 14.9 Å². The van der Waals surface area contributed by atoms with Gasteiger partial charge in [0.05, 0.1) is 7.11 Å². The van der Waals surface area contributed by atoms with Crippen LogP contribution in [0, 0.1) is 0 Å². The third-order valence-corrected chi connectivity index (χ3v) is 2.54. The zero-order valence-corrected chi connectivity index (χ0v) is 10.5. The van der Waals surface area contributed by atoms with Crippen LogP contribution in [0.2, 0.25) is 0 Å².